The van der Waals surface area contributed by atoms with Crippen LogP contribution in [-0.4, -0.2) is 35.8 Å². The lowest BCUT2D eigenvalue weighted by Gasteiger charge is -2.16. The van der Waals surface area contributed by atoms with E-state index in [1.807, 2.05) is 6.92 Å². The van der Waals surface area contributed by atoms with Crippen LogP contribution in [0.15, 0.2) is 66.7 Å². The van der Waals surface area contributed by atoms with E-state index in [-0.39, 0.29) is 36.6 Å². The van der Waals surface area contributed by atoms with Crippen molar-refractivity contribution in [2.24, 2.45) is 0 Å². The highest BCUT2D eigenvalue weighted by Gasteiger charge is 2.35. The van der Waals surface area contributed by atoms with Crippen LogP contribution < -0.4 is 10.1 Å². The summed E-state index contributed by atoms with van der Waals surface area (Å²) in [6, 6.07) is 18.1. The number of fused-ring (bicyclic) bond motifs is 1. The molecular weight excluding hydrogens is 423 g/mol. The lowest BCUT2D eigenvalue weighted by atomic mass is 10.1. The van der Waals surface area contributed by atoms with E-state index < -0.39 is 0 Å². The van der Waals surface area contributed by atoms with Gasteiger partial charge in [-0.25, -0.2) is 4.39 Å². The van der Waals surface area contributed by atoms with E-state index in [1.165, 1.54) is 11.0 Å². The molecule has 168 valence electrons. The van der Waals surface area contributed by atoms with Crippen molar-refractivity contribution in [3.8, 4) is 5.75 Å². The Labute approximate surface area is 191 Å². The van der Waals surface area contributed by atoms with Gasteiger partial charge in [-0.3, -0.25) is 19.3 Å². The molecule has 0 atom stereocenters. The number of carbonyl (C=O) groups is 3. The van der Waals surface area contributed by atoms with Crippen LogP contribution in [0.1, 0.15) is 49.1 Å². The molecule has 0 saturated carbocycles. The minimum atomic E-state index is -0.376. The highest BCUT2D eigenvalue weighted by atomic mass is 19.1. The van der Waals surface area contributed by atoms with Crippen LogP contribution in [-0.2, 0) is 13.0 Å². The van der Waals surface area contributed by atoms with Gasteiger partial charge in [0.25, 0.3) is 17.7 Å². The Morgan fingerprint density at radius 3 is 2.30 bits per heavy atom. The maximum absolute atomic E-state index is 13.8. The molecule has 1 aliphatic rings. The molecule has 3 aromatic rings. The van der Waals surface area contributed by atoms with Gasteiger partial charge in [-0.1, -0.05) is 36.4 Å². The quantitative estimate of drug-likeness (QED) is 0.531. The highest BCUT2D eigenvalue weighted by molar-refractivity contribution is 6.21. The number of carbonyl (C=O) groups excluding carboxylic acids is 3. The summed E-state index contributed by atoms with van der Waals surface area (Å²) in [5.41, 5.74) is 2.17. The second-order valence-corrected chi connectivity index (χ2v) is 7.60. The Balaban J connectivity index is 1.50. The van der Waals surface area contributed by atoms with Crippen molar-refractivity contribution in [1.82, 2.24) is 10.2 Å². The highest BCUT2D eigenvalue weighted by Crippen LogP contribution is 2.26. The Kier molecular flexibility index (Phi) is 6.49. The van der Waals surface area contributed by atoms with Crippen molar-refractivity contribution in [1.29, 1.82) is 0 Å². The standard InChI is InChI=1S/C26H23FN2O4/c1-2-33-23-12-11-17(16-29-25(31)19-8-4-5-9-20(19)26(29)32)15-21(23)24(30)28-14-13-18-7-3-6-10-22(18)27/h3-12,15H,2,13-14,16H2,1H3,(H,28,30). The average Bonchev–Trinajstić information content (AvgIpc) is 3.06. The lowest BCUT2D eigenvalue weighted by Crippen LogP contribution is -2.30. The van der Waals surface area contributed by atoms with Gasteiger partial charge in [0.15, 0.2) is 0 Å². The molecule has 1 aliphatic heterocycles. The van der Waals surface area contributed by atoms with Crippen molar-refractivity contribution in [3.05, 3.63) is 100 Å². The number of nitrogens with zero attached hydrogens (tertiary/aromatic N) is 1. The van der Waals surface area contributed by atoms with Crippen LogP contribution in [0, 0.1) is 5.82 Å². The van der Waals surface area contributed by atoms with Crippen LogP contribution in [0.4, 0.5) is 4.39 Å². The molecule has 0 bridgehead atoms. The lowest BCUT2D eigenvalue weighted by molar-refractivity contribution is 0.0642. The molecule has 0 aromatic heterocycles. The van der Waals surface area contributed by atoms with E-state index in [2.05, 4.69) is 5.32 Å². The number of ether oxygens (including phenoxy) is 1. The second kappa shape index (κ2) is 9.65. The predicted octanol–water partition coefficient (Wildman–Crippen LogP) is 3.99. The number of imide groups is 1. The zero-order valence-electron chi connectivity index (χ0n) is 18.1. The van der Waals surface area contributed by atoms with E-state index in [0.29, 0.717) is 46.6 Å². The Hall–Kier alpha value is -4.00. The predicted molar refractivity (Wildman–Crippen MR) is 121 cm³/mol. The van der Waals surface area contributed by atoms with Crippen LogP contribution in [0.2, 0.25) is 0 Å². The third kappa shape index (κ3) is 4.62. The molecule has 0 aliphatic carbocycles. The van der Waals surface area contributed by atoms with Gasteiger partial charge in [0.1, 0.15) is 11.6 Å². The summed E-state index contributed by atoms with van der Waals surface area (Å²) in [6.07, 6.45) is 0.344. The number of rotatable bonds is 8. The third-order valence-corrected chi connectivity index (χ3v) is 5.45. The SMILES string of the molecule is CCOc1ccc(CN2C(=O)c3ccccc3C2=O)cc1C(=O)NCCc1ccccc1F. The third-order valence-electron chi connectivity index (χ3n) is 5.45. The molecule has 6 nitrogen and oxygen atoms in total. The van der Waals surface area contributed by atoms with Gasteiger partial charge < -0.3 is 10.1 Å². The van der Waals surface area contributed by atoms with Gasteiger partial charge in [0, 0.05) is 6.54 Å². The van der Waals surface area contributed by atoms with Gasteiger partial charge in [-0.15, -0.1) is 0 Å². The maximum Gasteiger partial charge on any atom is 0.261 e. The zero-order valence-corrected chi connectivity index (χ0v) is 18.1. The van der Waals surface area contributed by atoms with Crippen molar-refractivity contribution >= 4 is 17.7 Å². The number of hydrogen-bond donors (Lipinski definition) is 1. The minimum Gasteiger partial charge on any atom is -0.493 e. The van der Waals surface area contributed by atoms with Gasteiger partial charge in [-0.05, 0) is 54.8 Å². The minimum absolute atomic E-state index is 0.0360. The largest absolute Gasteiger partial charge is 0.493 e. The Morgan fingerprint density at radius 1 is 0.970 bits per heavy atom. The monoisotopic (exact) mass is 446 g/mol. The first-order valence-electron chi connectivity index (χ1n) is 10.7. The zero-order chi connectivity index (χ0) is 23.4. The first kappa shape index (κ1) is 22.2. The van der Waals surface area contributed by atoms with Crippen molar-refractivity contribution in [3.63, 3.8) is 0 Å². The van der Waals surface area contributed by atoms with E-state index in [4.69, 9.17) is 4.74 Å². The van der Waals surface area contributed by atoms with Crippen LogP contribution >= 0.6 is 0 Å². The van der Waals surface area contributed by atoms with Gasteiger partial charge in [0.2, 0.25) is 0 Å². The molecule has 1 heterocycles. The van der Waals surface area contributed by atoms with Crippen LogP contribution in [0.3, 0.4) is 0 Å². The molecule has 7 heteroatoms. The van der Waals surface area contributed by atoms with Crippen molar-refractivity contribution < 1.29 is 23.5 Å². The van der Waals surface area contributed by atoms with Crippen LogP contribution in [0.5, 0.6) is 5.75 Å². The molecule has 1 N–H and O–H groups in total. The summed E-state index contributed by atoms with van der Waals surface area (Å²) in [6.45, 7) is 2.46. The Morgan fingerprint density at radius 2 is 1.64 bits per heavy atom. The van der Waals surface area contributed by atoms with Gasteiger partial charge >= 0.3 is 0 Å². The first-order valence-corrected chi connectivity index (χ1v) is 10.7. The number of benzene rings is 3. The fourth-order valence-electron chi connectivity index (χ4n) is 3.81. The summed E-state index contributed by atoms with van der Waals surface area (Å²) in [5.74, 6) is -1.02. The normalized spacial score (nSPS) is 12.6. The summed E-state index contributed by atoms with van der Waals surface area (Å²) in [4.78, 5) is 39.4. The molecule has 0 fully saturated rings. The number of amides is 3. The summed E-state index contributed by atoms with van der Waals surface area (Å²) >= 11 is 0. The van der Waals surface area contributed by atoms with Crippen molar-refractivity contribution in [2.75, 3.05) is 13.2 Å². The van der Waals surface area contributed by atoms with Gasteiger partial charge in [0.05, 0.1) is 29.8 Å². The van der Waals surface area contributed by atoms with Gasteiger partial charge in [-0.2, -0.15) is 0 Å². The van der Waals surface area contributed by atoms with E-state index in [9.17, 15) is 18.8 Å². The molecule has 0 radical (unpaired) electrons. The molecule has 0 saturated heterocycles. The smallest absolute Gasteiger partial charge is 0.261 e. The van der Waals surface area contributed by atoms with Crippen molar-refractivity contribution in [2.45, 2.75) is 19.9 Å². The van der Waals surface area contributed by atoms with E-state index >= 15 is 0 Å². The summed E-state index contributed by atoms with van der Waals surface area (Å²) in [5, 5.41) is 2.79. The van der Waals surface area contributed by atoms with E-state index in [1.54, 1.807) is 60.7 Å². The van der Waals surface area contributed by atoms with E-state index in [0.717, 1.165) is 0 Å². The maximum atomic E-state index is 13.8. The second-order valence-electron chi connectivity index (χ2n) is 7.60. The number of halogens is 1. The number of hydrogen-bond acceptors (Lipinski definition) is 4. The van der Waals surface area contributed by atoms with Crippen LogP contribution in [0.25, 0.3) is 0 Å². The fourth-order valence-corrected chi connectivity index (χ4v) is 3.81. The molecular formula is C26H23FN2O4. The topological polar surface area (TPSA) is 75.7 Å². The molecule has 3 amide bonds. The molecule has 0 spiro atoms. The molecule has 33 heavy (non-hydrogen) atoms. The number of nitrogens with one attached hydrogen (secondary N) is 1. The molecule has 3 aromatic carbocycles. The Bertz CT molecular complexity index is 1190. The average molecular weight is 446 g/mol. The summed E-state index contributed by atoms with van der Waals surface area (Å²) in [7, 11) is 0. The fraction of sp³-hybridized carbons (Fsp3) is 0.192. The first-order chi connectivity index (χ1) is 16.0. The molecule has 4 rings (SSSR count). The molecule has 0 unspecified atom stereocenters. The summed E-state index contributed by atoms with van der Waals surface area (Å²) < 4.78 is 19.4.